The van der Waals surface area contributed by atoms with E-state index in [1.807, 2.05) is 19.1 Å². The molecule has 0 bridgehead atoms. The minimum absolute atomic E-state index is 0.140. The van der Waals surface area contributed by atoms with E-state index in [-0.39, 0.29) is 11.9 Å². The van der Waals surface area contributed by atoms with Gasteiger partial charge in [-0.3, -0.25) is 4.79 Å². The van der Waals surface area contributed by atoms with Crippen LogP contribution in [-0.2, 0) is 4.79 Å². The summed E-state index contributed by atoms with van der Waals surface area (Å²) in [6.07, 6.45) is 2.51. The van der Waals surface area contributed by atoms with E-state index in [1.165, 1.54) is 18.5 Å². The van der Waals surface area contributed by atoms with Gasteiger partial charge in [0.25, 0.3) is 0 Å². The Morgan fingerprint density at radius 1 is 1.12 bits per heavy atom. The first-order valence-electron chi connectivity index (χ1n) is 8.58. The molecule has 1 saturated heterocycles. The maximum absolute atomic E-state index is 12.3. The van der Waals surface area contributed by atoms with E-state index in [9.17, 15) is 4.79 Å². The van der Waals surface area contributed by atoms with Gasteiger partial charge in [-0.2, -0.15) is 5.26 Å². The monoisotopic (exact) mass is 334 g/mol. The van der Waals surface area contributed by atoms with Crippen LogP contribution in [0.25, 0.3) is 0 Å². The smallest absolute Gasteiger partial charge is 0.246 e. The van der Waals surface area contributed by atoms with Gasteiger partial charge in [0.15, 0.2) is 0 Å². The number of rotatable bonds is 5. The van der Waals surface area contributed by atoms with Crippen molar-refractivity contribution in [3.8, 4) is 6.07 Å². The van der Waals surface area contributed by atoms with Crippen LogP contribution in [0.15, 0.2) is 48.5 Å². The fraction of sp³-hybridized carbons (Fsp3) is 0.300. The van der Waals surface area contributed by atoms with E-state index < -0.39 is 0 Å². The molecule has 1 unspecified atom stereocenters. The lowest BCUT2D eigenvalue weighted by Crippen LogP contribution is -2.31. The van der Waals surface area contributed by atoms with Gasteiger partial charge in [0, 0.05) is 30.2 Å². The Labute approximate surface area is 148 Å². The first-order valence-corrected chi connectivity index (χ1v) is 8.58. The van der Waals surface area contributed by atoms with Gasteiger partial charge in [0.05, 0.1) is 11.6 Å². The molecule has 0 aromatic heterocycles. The number of carbonyl (C=O) groups excluding carboxylic acids is 1. The van der Waals surface area contributed by atoms with Gasteiger partial charge in [-0.1, -0.05) is 6.07 Å². The molecule has 128 valence electrons. The molecule has 2 N–H and O–H groups in total. The molecule has 25 heavy (non-hydrogen) atoms. The topological polar surface area (TPSA) is 68.2 Å². The molecule has 1 fully saturated rings. The molecule has 0 aliphatic carbocycles. The average molecular weight is 334 g/mol. The summed E-state index contributed by atoms with van der Waals surface area (Å²) >= 11 is 0. The molecular weight excluding hydrogens is 312 g/mol. The van der Waals surface area contributed by atoms with Crippen molar-refractivity contribution >= 4 is 23.0 Å². The summed E-state index contributed by atoms with van der Waals surface area (Å²) in [6.45, 7) is 4.05. The van der Waals surface area contributed by atoms with Gasteiger partial charge in [-0.05, 0) is 62.2 Å². The molecular formula is C20H22N4O. The maximum atomic E-state index is 12.3. The van der Waals surface area contributed by atoms with Crippen LogP contribution < -0.4 is 15.5 Å². The molecule has 5 nitrogen and oxygen atoms in total. The maximum Gasteiger partial charge on any atom is 0.246 e. The highest BCUT2D eigenvalue weighted by molar-refractivity contribution is 5.96. The molecule has 3 rings (SSSR count). The fourth-order valence-corrected chi connectivity index (χ4v) is 2.98. The second-order valence-electron chi connectivity index (χ2n) is 6.29. The van der Waals surface area contributed by atoms with Gasteiger partial charge in [0.1, 0.15) is 6.04 Å². The lowest BCUT2D eigenvalue weighted by molar-refractivity contribution is -0.116. The summed E-state index contributed by atoms with van der Waals surface area (Å²) in [7, 11) is 0. The predicted octanol–water partition coefficient (Wildman–Crippen LogP) is 3.60. The van der Waals surface area contributed by atoms with Crippen molar-refractivity contribution in [3.63, 3.8) is 0 Å². The van der Waals surface area contributed by atoms with Gasteiger partial charge < -0.3 is 15.5 Å². The molecule has 1 amide bonds. The summed E-state index contributed by atoms with van der Waals surface area (Å²) in [6, 6.07) is 16.8. The van der Waals surface area contributed by atoms with Gasteiger partial charge >= 0.3 is 0 Å². The highest BCUT2D eigenvalue weighted by Crippen LogP contribution is 2.22. The molecule has 5 heteroatoms. The molecule has 2 aromatic carbocycles. The fourth-order valence-electron chi connectivity index (χ4n) is 2.98. The lowest BCUT2D eigenvalue weighted by Gasteiger charge is -2.19. The predicted molar refractivity (Wildman–Crippen MR) is 101 cm³/mol. The first kappa shape index (κ1) is 16.8. The Kier molecular flexibility index (Phi) is 5.20. The number of anilines is 3. The van der Waals surface area contributed by atoms with Gasteiger partial charge in [-0.25, -0.2) is 0 Å². The number of amides is 1. The number of hydrogen-bond acceptors (Lipinski definition) is 4. The SMILES string of the molecule is CC(Nc1ccc(N2CCCC2)cc1)C(=O)Nc1cccc(C#N)c1. The summed E-state index contributed by atoms with van der Waals surface area (Å²) in [4.78, 5) is 14.7. The average Bonchev–Trinajstić information content (AvgIpc) is 3.17. The lowest BCUT2D eigenvalue weighted by atomic mass is 10.2. The van der Waals surface area contributed by atoms with Crippen LogP contribution in [0.4, 0.5) is 17.1 Å². The third kappa shape index (κ3) is 4.30. The molecule has 0 radical (unpaired) electrons. The van der Waals surface area contributed by atoms with Crippen molar-refractivity contribution in [2.45, 2.75) is 25.8 Å². The number of nitriles is 1. The number of benzene rings is 2. The Morgan fingerprint density at radius 2 is 1.84 bits per heavy atom. The number of hydrogen-bond donors (Lipinski definition) is 2. The van der Waals surface area contributed by atoms with Crippen LogP contribution in [0.3, 0.4) is 0 Å². The molecule has 1 atom stereocenters. The summed E-state index contributed by atoms with van der Waals surface area (Å²) < 4.78 is 0. The van der Waals surface area contributed by atoms with Crippen molar-refractivity contribution in [1.82, 2.24) is 0 Å². The zero-order chi connectivity index (χ0) is 17.6. The van der Waals surface area contributed by atoms with Crippen LogP contribution in [0, 0.1) is 11.3 Å². The van der Waals surface area contributed by atoms with E-state index in [4.69, 9.17) is 5.26 Å². The van der Waals surface area contributed by atoms with Gasteiger partial charge in [0.2, 0.25) is 5.91 Å². The van der Waals surface area contributed by atoms with Crippen LogP contribution in [0.2, 0.25) is 0 Å². The normalized spacial score (nSPS) is 14.6. The minimum Gasteiger partial charge on any atom is -0.374 e. The standard InChI is InChI=1S/C20H22N4O/c1-15(20(25)23-18-6-4-5-16(13-18)14-21)22-17-7-9-19(10-8-17)24-11-2-3-12-24/h4-10,13,15,22H,2-3,11-12H2,1H3,(H,23,25). The van der Waals surface area contributed by atoms with Crippen LogP contribution in [0.5, 0.6) is 0 Å². The third-order valence-corrected chi connectivity index (χ3v) is 4.37. The minimum atomic E-state index is -0.386. The highest BCUT2D eigenvalue weighted by Gasteiger charge is 2.14. The van der Waals surface area contributed by atoms with Gasteiger partial charge in [-0.15, -0.1) is 0 Å². The van der Waals surface area contributed by atoms with Crippen LogP contribution in [0.1, 0.15) is 25.3 Å². The van der Waals surface area contributed by atoms with E-state index >= 15 is 0 Å². The van der Waals surface area contributed by atoms with Crippen LogP contribution in [-0.4, -0.2) is 25.0 Å². The second-order valence-corrected chi connectivity index (χ2v) is 6.29. The van der Waals surface area contributed by atoms with E-state index in [0.717, 1.165) is 18.8 Å². The van der Waals surface area contributed by atoms with Crippen molar-refractivity contribution < 1.29 is 4.79 Å². The highest BCUT2D eigenvalue weighted by atomic mass is 16.2. The molecule has 1 aliphatic heterocycles. The van der Waals surface area contributed by atoms with E-state index in [1.54, 1.807) is 24.3 Å². The molecule has 1 heterocycles. The summed E-state index contributed by atoms with van der Waals surface area (Å²) in [5.41, 5.74) is 3.29. The largest absolute Gasteiger partial charge is 0.374 e. The number of nitrogens with zero attached hydrogens (tertiary/aromatic N) is 2. The molecule has 2 aromatic rings. The Hall–Kier alpha value is -3.00. The summed E-state index contributed by atoms with van der Waals surface area (Å²) in [5.74, 6) is -0.140. The van der Waals surface area contributed by atoms with Crippen molar-refractivity contribution in [2.75, 3.05) is 28.6 Å². The molecule has 1 aliphatic rings. The summed E-state index contributed by atoms with van der Waals surface area (Å²) in [5, 5.41) is 15.0. The van der Waals surface area contributed by atoms with Crippen molar-refractivity contribution in [1.29, 1.82) is 5.26 Å². The van der Waals surface area contributed by atoms with Crippen molar-refractivity contribution in [3.05, 3.63) is 54.1 Å². The zero-order valence-electron chi connectivity index (χ0n) is 14.3. The quantitative estimate of drug-likeness (QED) is 0.877. The zero-order valence-corrected chi connectivity index (χ0v) is 14.3. The third-order valence-electron chi connectivity index (χ3n) is 4.37. The Bertz CT molecular complexity index is 773. The first-order chi connectivity index (χ1) is 12.2. The van der Waals surface area contributed by atoms with Crippen molar-refractivity contribution in [2.24, 2.45) is 0 Å². The van der Waals surface area contributed by atoms with E-state index in [0.29, 0.717) is 11.3 Å². The van der Waals surface area contributed by atoms with E-state index in [2.05, 4.69) is 33.7 Å². The number of nitrogens with one attached hydrogen (secondary N) is 2. The Balaban J connectivity index is 1.58. The Morgan fingerprint density at radius 3 is 2.52 bits per heavy atom. The molecule has 0 spiro atoms. The second kappa shape index (κ2) is 7.71. The van der Waals surface area contributed by atoms with Crippen LogP contribution >= 0.6 is 0 Å². The number of carbonyl (C=O) groups is 1. The molecule has 0 saturated carbocycles.